The van der Waals surface area contributed by atoms with Gasteiger partial charge in [0.1, 0.15) is 34.4 Å². The molecular formula is C32H37F2N7O4. The highest BCUT2D eigenvalue weighted by atomic mass is 19.1. The van der Waals surface area contributed by atoms with Crippen LogP contribution in [0.3, 0.4) is 0 Å². The highest BCUT2D eigenvalue weighted by molar-refractivity contribution is 6.14. The lowest BCUT2D eigenvalue weighted by Crippen LogP contribution is -2.51. The summed E-state index contributed by atoms with van der Waals surface area (Å²) in [6.07, 6.45) is 2.20. The number of carbonyl (C=O) groups excluding carboxylic acids is 3. The van der Waals surface area contributed by atoms with Crippen molar-refractivity contribution in [3.63, 3.8) is 0 Å². The first-order valence-electron chi connectivity index (χ1n) is 14.8. The highest BCUT2D eigenvalue weighted by Gasteiger charge is 2.55. The average molecular weight is 622 g/mol. The van der Waals surface area contributed by atoms with E-state index < -0.39 is 23.0 Å². The number of piperazine rings is 1. The summed E-state index contributed by atoms with van der Waals surface area (Å²) in [5.41, 5.74) is -0.759. The number of nitrogens with zero attached hydrogens (tertiary/aromatic N) is 4. The van der Waals surface area contributed by atoms with Crippen LogP contribution in [-0.4, -0.2) is 97.3 Å². The first kappa shape index (κ1) is 31.8. The van der Waals surface area contributed by atoms with Crippen LogP contribution in [0.15, 0.2) is 60.8 Å². The van der Waals surface area contributed by atoms with Crippen molar-refractivity contribution in [3.8, 4) is 11.5 Å². The summed E-state index contributed by atoms with van der Waals surface area (Å²) < 4.78 is 33.9. The van der Waals surface area contributed by atoms with E-state index in [2.05, 4.69) is 30.7 Å². The molecule has 238 valence electrons. The van der Waals surface area contributed by atoms with Gasteiger partial charge in [0.2, 0.25) is 5.91 Å². The number of amides is 3. The van der Waals surface area contributed by atoms with Crippen molar-refractivity contribution in [3.05, 3.63) is 72.4 Å². The number of rotatable bonds is 12. The predicted octanol–water partition coefficient (Wildman–Crippen LogP) is 4.26. The van der Waals surface area contributed by atoms with Gasteiger partial charge in [0.15, 0.2) is 5.78 Å². The predicted molar refractivity (Wildman–Crippen MR) is 166 cm³/mol. The fourth-order valence-electron chi connectivity index (χ4n) is 4.96. The summed E-state index contributed by atoms with van der Waals surface area (Å²) in [6, 6.07) is 12.4. The Bertz CT molecular complexity index is 1520. The fraction of sp³-hybridized carbons (Fsp3) is 0.375. The molecule has 3 N–H and O–H groups in total. The molecular weight excluding hydrogens is 584 g/mol. The zero-order chi connectivity index (χ0) is 32.0. The molecule has 1 saturated heterocycles. The molecule has 5 rings (SSSR count). The third kappa shape index (κ3) is 8.31. The van der Waals surface area contributed by atoms with Crippen molar-refractivity contribution in [1.82, 2.24) is 19.7 Å². The highest BCUT2D eigenvalue weighted by Crippen LogP contribution is 2.47. The number of carbonyl (C=O) groups is 3. The van der Waals surface area contributed by atoms with E-state index >= 15 is 0 Å². The van der Waals surface area contributed by atoms with E-state index in [0.29, 0.717) is 43.2 Å². The molecule has 1 aromatic heterocycles. The van der Waals surface area contributed by atoms with Crippen LogP contribution in [-0.2, 0) is 9.59 Å². The number of halogens is 2. The Morgan fingerprint density at radius 2 is 1.64 bits per heavy atom. The van der Waals surface area contributed by atoms with Crippen molar-refractivity contribution >= 4 is 34.9 Å². The number of likely N-dealkylation sites (N-methyl/N-ethyl adjacent to an activating group) is 1. The molecule has 1 aliphatic carbocycles. The molecule has 45 heavy (non-hydrogen) atoms. The second-order valence-electron chi connectivity index (χ2n) is 11.5. The van der Waals surface area contributed by atoms with Crippen LogP contribution >= 0.6 is 0 Å². The zero-order valence-corrected chi connectivity index (χ0v) is 25.3. The van der Waals surface area contributed by atoms with Gasteiger partial charge in [0.05, 0.1) is 12.2 Å². The molecule has 3 amide bonds. The van der Waals surface area contributed by atoms with Gasteiger partial charge in [-0.2, -0.15) is 0 Å². The van der Waals surface area contributed by atoms with Gasteiger partial charge in [0, 0.05) is 63.3 Å². The monoisotopic (exact) mass is 621 g/mol. The van der Waals surface area contributed by atoms with Crippen molar-refractivity contribution in [2.45, 2.75) is 12.8 Å². The second kappa shape index (κ2) is 14.0. The maximum absolute atomic E-state index is 15.0. The first-order chi connectivity index (χ1) is 21.6. The quantitative estimate of drug-likeness (QED) is 0.257. The van der Waals surface area contributed by atoms with Gasteiger partial charge in [-0.25, -0.2) is 18.6 Å². The summed E-state index contributed by atoms with van der Waals surface area (Å²) in [5.74, 6) is -1.23. The molecule has 2 fully saturated rings. The van der Waals surface area contributed by atoms with E-state index in [-0.39, 0.29) is 29.8 Å². The standard InChI is InChI=1S/C32H37F2N7O4/c1-39(2)13-14-40-15-17-41(18-16-40)31(44)38-29-20-25(9-12-35-29)45-24-7-8-27(26(34)19-24)37-30(43)32(10-11-32)28(42)21-36-23-5-3-22(33)4-6-23/h3-9,12,19-20,36H,10-11,13-18,21H2,1-2H3,(H,37,43)(H,35,38,44). The number of anilines is 3. The zero-order valence-electron chi connectivity index (χ0n) is 25.3. The number of urea groups is 1. The molecule has 2 aromatic carbocycles. The van der Waals surface area contributed by atoms with Gasteiger partial charge in [-0.05, 0) is 69.4 Å². The summed E-state index contributed by atoms with van der Waals surface area (Å²) >= 11 is 0. The van der Waals surface area contributed by atoms with Crippen LogP contribution in [0.4, 0.5) is 30.8 Å². The normalized spacial score (nSPS) is 15.8. The summed E-state index contributed by atoms with van der Waals surface area (Å²) in [4.78, 5) is 49.0. The third-order valence-electron chi connectivity index (χ3n) is 7.93. The number of hydrogen-bond acceptors (Lipinski definition) is 8. The Morgan fingerprint density at radius 1 is 0.933 bits per heavy atom. The minimum absolute atomic E-state index is 0.0811. The second-order valence-corrected chi connectivity index (χ2v) is 11.5. The van der Waals surface area contributed by atoms with Crippen molar-refractivity contribution in [2.24, 2.45) is 5.41 Å². The van der Waals surface area contributed by atoms with Gasteiger partial charge in [0.25, 0.3) is 0 Å². The van der Waals surface area contributed by atoms with E-state index in [1.54, 1.807) is 17.0 Å². The van der Waals surface area contributed by atoms with Crippen molar-refractivity contribution < 1.29 is 27.9 Å². The van der Waals surface area contributed by atoms with E-state index in [9.17, 15) is 23.2 Å². The molecule has 1 aliphatic heterocycles. The number of ketones is 1. The molecule has 2 aliphatic rings. The lowest BCUT2D eigenvalue weighted by molar-refractivity contribution is -0.131. The fourth-order valence-corrected chi connectivity index (χ4v) is 4.96. The molecule has 3 aromatic rings. The van der Waals surface area contributed by atoms with Crippen LogP contribution in [0.1, 0.15) is 12.8 Å². The number of benzene rings is 2. The Kier molecular flexibility index (Phi) is 9.89. The van der Waals surface area contributed by atoms with Gasteiger partial charge in [-0.1, -0.05) is 0 Å². The van der Waals surface area contributed by atoms with Crippen LogP contribution < -0.4 is 20.7 Å². The molecule has 0 unspecified atom stereocenters. The number of ether oxygens (including phenoxy) is 1. The first-order valence-corrected chi connectivity index (χ1v) is 14.8. The van der Waals surface area contributed by atoms with E-state index in [1.165, 1.54) is 42.6 Å². The summed E-state index contributed by atoms with van der Waals surface area (Å²) in [7, 11) is 4.07. The minimum atomic E-state index is -1.23. The molecule has 2 heterocycles. The van der Waals surface area contributed by atoms with Gasteiger partial charge in [-0.3, -0.25) is 19.8 Å². The Morgan fingerprint density at radius 3 is 2.31 bits per heavy atom. The number of aromatic nitrogens is 1. The maximum Gasteiger partial charge on any atom is 0.323 e. The molecule has 0 bridgehead atoms. The van der Waals surface area contributed by atoms with Gasteiger partial charge in [-0.15, -0.1) is 0 Å². The van der Waals surface area contributed by atoms with Gasteiger partial charge < -0.3 is 25.2 Å². The van der Waals surface area contributed by atoms with Crippen molar-refractivity contribution in [2.75, 3.05) is 75.9 Å². The smallest absolute Gasteiger partial charge is 0.323 e. The molecule has 0 spiro atoms. The van der Waals surface area contributed by atoms with Gasteiger partial charge >= 0.3 is 6.03 Å². The third-order valence-corrected chi connectivity index (χ3v) is 7.93. The average Bonchev–Trinajstić information content (AvgIpc) is 3.84. The Hall–Kier alpha value is -4.62. The molecule has 0 radical (unpaired) electrons. The van der Waals surface area contributed by atoms with E-state index in [1.807, 2.05) is 14.1 Å². The number of Topliss-reactive ketones (excluding diaryl/α,β-unsaturated/α-hetero) is 1. The number of pyridine rings is 1. The van der Waals surface area contributed by atoms with Crippen molar-refractivity contribution in [1.29, 1.82) is 0 Å². The Balaban J connectivity index is 1.12. The lowest BCUT2D eigenvalue weighted by Gasteiger charge is -2.35. The summed E-state index contributed by atoms with van der Waals surface area (Å²) in [5, 5.41) is 8.23. The molecule has 11 nitrogen and oxygen atoms in total. The van der Waals surface area contributed by atoms with E-state index in [4.69, 9.17) is 4.74 Å². The van der Waals surface area contributed by atoms with Crippen LogP contribution in [0, 0.1) is 17.0 Å². The van der Waals surface area contributed by atoms with Crippen LogP contribution in [0.25, 0.3) is 0 Å². The SMILES string of the molecule is CN(C)CCN1CCN(C(=O)Nc2cc(Oc3ccc(NC(=O)C4(C(=O)CNc5ccc(F)cc5)CC4)c(F)c3)ccn2)CC1. The lowest BCUT2D eigenvalue weighted by atomic mass is 9.99. The number of hydrogen-bond donors (Lipinski definition) is 3. The summed E-state index contributed by atoms with van der Waals surface area (Å²) in [6.45, 7) is 4.62. The minimum Gasteiger partial charge on any atom is -0.457 e. The van der Waals surface area contributed by atoms with E-state index in [0.717, 1.165) is 32.2 Å². The largest absolute Gasteiger partial charge is 0.457 e. The van der Waals surface area contributed by atoms with Crippen LogP contribution in [0.2, 0.25) is 0 Å². The van der Waals surface area contributed by atoms with Crippen LogP contribution in [0.5, 0.6) is 11.5 Å². The number of nitrogens with one attached hydrogen (secondary N) is 3. The molecule has 0 atom stereocenters. The Labute approximate surface area is 260 Å². The topological polar surface area (TPSA) is 119 Å². The molecule has 13 heteroatoms. The molecule has 1 saturated carbocycles. The maximum atomic E-state index is 15.0.